The topological polar surface area (TPSA) is 53.1 Å². The van der Waals surface area contributed by atoms with E-state index in [-0.39, 0.29) is 6.04 Å². The minimum atomic E-state index is 0.0631. The molecule has 2 aliphatic rings. The molecule has 1 saturated carbocycles. The number of nitrogens with two attached hydrogens (primary N) is 1. The van der Waals surface area contributed by atoms with Gasteiger partial charge in [-0.3, -0.25) is 0 Å². The molecule has 4 unspecified atom stereocenters. The maximum atomic E-state index is 6.45. The van der Waals surface area contributed by atoms with Gasteiger partial charge in [-0.2, -0.15) is 11.8 Å². The molecule has 0 aromatic carbocycles. The van der Waals surface area contributed by atoms with Crippen LogP contribution in [-0.2, 0) is 4.74 Å². The molecule has 0 spiro atoms. The Balaban J connectivity index is 1.81. The fourth-order valence-corrected chi connectivity index (χ4v) is 4.41. The van der Waals surface area contributed by atoms with Crippen molar-refractivity contribution in [3.63, 3.8) is 0 Å². The lowest BCUT2D eigenvalue weighted by Gasteiger charge is -2.25. The summed E-state index contributed by atoms with van der Waals surface area (Å²) < 4.78 is 7.81. The number of nitrogens with zero attached hydrogens (tertiary/aromatic N) is 2. The zero-order chi connectivity index (χ0) is 13.2. The van der Waals surface area contributed by atoms with Crippen LogP contribution in [0, 0.1) is 5.92 Å². The summed E-state index contributed by atoms with van der Waals surface area (Å²) in [6.07, 6.45) is 11.1. The van der Waals surface area contributed by atoms with E-state index in [0.717, 1.165) is 19.6 Å². The lowest BCUT2D eigenvalue weighted by atomic mass is 9.97. The van der Waals surface area contributed by atoms with Gasteiger partial charge in [-0.25, -0.2) is 4.98 Å². The van der Waals surface area contributed by atoms with Crippen LogP contribution in [0.15, 0.2) is 12.5 Å². The third kappa shape index (κ3) is 2.56. The van der Waals surface area contributed by atoms with Crippen molar-refractivity contribution in [1.29, 1.82) is 0 Å². The third-order valence-corrected chi connectivity index (χ3v) is 5.74. The quantitative estimate of drug-likeness (QED) is 0.920. The van der Waals surface area contributed by atoms with E-state index < -0.39 is 0 Å². The number of imidazole rings is 1. The molecule has 4 nitrogen and oxygen atoms in total. The van der Waals surface area contributed by atoms with Gasteiger partial charge in [0.1, 0.15) is 0 Å². The summed E-state index contributed by atoms with van der Waals surface area (Å²) in [6, 6.07) is 0.633. The van der Waals surface area contributed by atoms with E-state index in [1.165, 1.54) is 25.0 Å². The summed E-state index contributed by atoms with van der Waals surface area (Å²) in [6.45, 7) is 1.65. The highest BCUT2D eigenvalue weighted by atomic mass is 32.2. The number of hydrogen-bond acceptors (Lipinski definition) is 4. The molecular weight excluding hydrogens is 258 g/mol. The van der Waals surface area contributed by atoms with Gasteiger partial charge in [0.05, 0.1) is 24.7 Å². The summed E-state index contributed by atoms with van der Waals surface area (Å²) in [4.78, 5) is 4.36. The molecule has 0 bridgehead atoms. The SMILES string of the molecule is CSC1CCCC1n1cncc1C(N)C1CCOC1. The van der Waals surface area contributed by atoms with E-state index in [2.05, 4.69) is 15.8 Å². The third-order valence-electron chi connectivity index (χ3n) is 4.59. The Morgan fingerprint density at radius 1 is 1.47 bits per heavy atom. The molecule has 19 heavy (non-hydrogen) atoms. The molecule has 4 atom stereocenters. The minimum Gasteiger partial charge on any atom is -0.381 e. The van der Waals surface area contributed by atoms with Gasteiger partial charge in [-0.15, -0.1) is 0 Å². The molecule has 1 aromatic rings. The predicted molar refractivity (Wildman–Crippen MR) is 78.3 cm³/mol. The smallest absolute Gasteiger partial charge is 0.0951 e. The fourth-order valence-electron chi connectivity index (χ4n) is 3.43. The standard InChI is InChI=1S/C14H23N3OS/c1-19-13-4-2-3-11(13)17-9-16-7-12(17)14(15)10-5-6-18-8-10/h7,9-11,13-14H,2-6,8,15H2,1H3. The lowest BCUT2D eigenvalue weighted by molar-refractivity contribution is 0.180. The summed E-state index contributed by atoms with van der Waals surface area (Å²) in [5, 5.41) is 0.708. The zero-order valence-electron chi connectivity index (χ0n) is 11.5. The van der Waals surface area contributed by atoms with Crippen molar-refractivity contribution in [2.75, 3.05) is 19.5 Å². The van der Waals surface area contributed by atoms with Gasteiger partial charge >= 0.3 is 0 Å². The lowest BCUT2D eigenvalue weighted by Crippen LogP contribution is -2.27. The second kappa shape index (κ2) is 5.85. The molecule has 106 valence electrons. The summed E-state index contributed by atoms with van der Waals surface area (Å²) in [7, 11) is 0. The van der Waals surface area contributed by atoms with E-state index in [4.69, 9.17) is 10.5 Å². The first-order valence-corrected chi connectivity index (χ1v) is 8.48. The minimum absolute atomic E-state index is 0.0631. The van der Waals surface area contributed by atoms with Gasteiger partial charge in [-0.1, -0.05) is 6.42 Å². The number of aromatic nitrogens is 2. The van der Waals surface area contributed by atoms with Gasteiger partial charge < -0.3 is 15.0 Å². The monoisotopic (exact) mass is 281 g/mol. The van der Waals surface area contributed by atoms with Gasteiger partial charge in [0.15, 0.2) is 0 Å². The van der Waals surface area contributed by atoms with Crippen LogP contribution in [0.25, 0.3) is 0 Å². The molecular formula is C14H23N3OS. The van der Waals surface area contributed by atoms with Gasteiger partial charge in [0, 0.05) is 30.0 Å². The van der Waals surface area contributed by atoms with Gasteiger partial charge in [0.25, 0.3) is 0 Å². The fraction of sp³-hybridized carbons (Fsp3) is 0.786. The Bertz CT molecular complexity index is 417. The molecule has 1 aliphatic carbocycles. The van der Waals surface area contributed by atoms with Crippen LogP contribution < -0.4 is 5.73 Å². The van der Waals surface area contributed by atoms with Gasteiger partial charge in [0.2, 0.25) is 0 Å². The average Bonchev–Trinajstić information content (AvgIpc) is 3.16. The molecule has 2 heterocycles. The van der Waals surface area contributed by atoms with Crippen molar-refractivity contribution in [1.82, 2.24) is 9.55 Å². The van der Waals surface area contributed by atoms with Crippen molar-refractivity contribution in [2.24, 2.45) is 11.7 Å². The summed E-state index contributed by atoms with van der Waals surface area (Å²) >= 11 is 1.98. The van der Waals surface area contributed by atoms with Crippen molar-refractivity contribution in [2.45, 2.75) is 43.0 Å². The first-order valence-electron chi connectivity index (χ1n) is 7.19. The number of rotatable bonds is 4. The first-order chi connectivity index (χ1) is 9.31. The molecule has 2 N–H and O–H groups in total. The molecule has 5 heteroatoms. The maximum Gasteiger partial charge on any atom is 0.0951 e. The van der Waals surface area contributed by atoms with Crippen molar-refractivity contribution in [3.05, 3.63) is 18.2 Å². The largest absolute Gasteiger partial charge is 0.381 e. The predicted octanol–water partition coefficient (Wildman–Crippen LogP) is 2.38. The summed E-state index contributed by atoms with van der Waals surface area (Å²) in [5.74, 6) is 0.449. The van der Waals surface area contributed by atoms with Crippen molar-refractivity contribution in [3.8, 4) is 0 Å². The highest BCUT2D eigenvalue weighted by Crippen LogP contribution is 2.39. The molecule has 2 fully saturated rings. The van der Waals surface area contributed by atoms with Gasteiger partial charge in [-0.05, 0) is 25.5 Å². The van der Waals surface area contributed by atoms with E-state index >= 15 is 0 Å². The summed E-state index contributed by atoms with van der Waals surface area (Å²) in [5.41, 5.74) is 7.65. The molecule has 1 saturated heterocycles. The Morgan fingerprint density at radius 3 is 3.11 bits per heavy atom. The van der Waals surface area contributed by atoms with E-state index in [1.54, 1.807) is 0 Å². The number of hydrogen-bond donors (Lipinski definition) is 1. The van der Waals surface area contributed by atoms with E-state index in [9.17, 15) is 0 Å². The molecule has 0 amide bonds. The second-order valence-electron chi connectivity index (χ2n) is 5.65. The molecule has 3 rings (SSSR count). The first kappa shape index (κ1) is 13.5. The van der Waals surface area contributed by atoms with E-state index in [1.807, 2.05) is 24.3 Å². The maximum absolute atomic E-state index is 6.45. The van der Waals surface area contributed by atoms with Crippen LogP contribution in [0.4, 0.5) is 0 Å². The van der Waals surface area contributed by atoms with Crippen LogP contribution in [0.5, 0.6) is 0 Å². The Labute approximate surface area is 119 Å². The van der Waals surface area contributed by atoms with Crippen LogP contribution >= 0.6 is 11.8 Å². The molecule has 1 aliphatic heterocycles. The average molecular weight is 281 g/mol. The Kier molecular flexibility index (Phi) is 4.15. The molecule has 1 aromatic heterocycles. The van der Waals surface area contributed by atoms with Crippen molar-refractivity contribution >= 4 is 11.8 Å². The van der Waals surface area contributed by atoms with Crippen LogP contribution in [0.2, 0.25) is 0 Å². The van der Waals surface area contributed by atoms with E-state index in [0.29, 0.717) is 17.2 Å². The molecule has 0 radical (unpaired) electrons. The van der Waals surface area contributed by atoms with Crippen LogP contribution in [0.1, 0.15) is 43.5 Å². The Morgan fingerprint density at radius 2 is 2.37 bits per heavy atom. The zero-order valence-corrected chi connectivity index (χ0v) is 12.3. The highest BCUT2D eigenvalue weighted by molar-refractivity contribution is 7.99. The number of ether oxygens (including phenoxy) is 1. The Hall–Kier alpha value is -0.520. The van der Waals surface area contributed by atoms with Crippen LogP contribution in [0.3, 0.4) is 0 Å². The van der Waals surface area contributed by atoms with Crippen molar-refractivity contribution < 1.29 is 4.74 Å². The normalized spacial score (nSPS) is 32.8. The highest BCUT2D eigenvalue weighted by Gasteiger charge is 2.32. The second-order valence-corrected chi connectivity index (χ2v) is 6.72. The number of thioether (sulfide) groups is 1. The van der Waals surface area contributed by atoms with Crippen LogP contribution in [-0.4, -0.2) is 34.3 Å².